The molecule has 2 amide bonds. The molecule has 30 heavy (non-hydrogen) atoms. The average Bonchev–Trinajstić information content (AvgIpc) is 3.29. The molecule has 158 valence electrons. The van der Waals surface area contributed by atoms with Crippen LogP contribution in [0.2, 0.25) is 0 Å². The topological polar surface area (TPSA) is 64.7 Å². The van der Waals surface area contributed by atoms with Crippen LogP contribution in [0.5, 0.6) is 0 Å². The number of carbonyl (C=O) groups is 2. The average molecular weight is 407 g/mol. The third-order valence-electron chi connectivity index (χ3n) is 6.11. The Bertz CT molecular complexity index is 893. The Hall–Kier alpha value is -2.86. The SMILES string of the molecule is CN1CCCc2cc([C@@H](CNC(=O)C(=O)Nc3ccccc3)N3CCCC3)ccc21. The highest BCUT2D eigenvalue weighted by Gasteiger charge is 2.26. The van der Waals surface area contributed by atoms with Gasteiger partial charge in [0.25, 0.3) is 0 Å². The molecule has 2 aliphatic rings. The molecule has 6 heteroatoms. The molecule has 6 nitrogen and oxygen atoms in total. The fourth-order valence-corrected chi connectivity index (χ4v) is 4.50. The molecular formula is C24H30N4O2. The molecule has 0 saturated carbocycles. The highest BCUT2D eigenvalue weighted by Crippen LogP contribution is 2.31. The van der Waals surface area contributed by atoms with Crippen LogP contribution in [0.1, 0.15) is 36.4 Å². The van der Waals surface area contributed by atoms with Crippen LogP contribution in [0.25, 0.3) is 0 Å². The van der Waals surface area contributed by atoms with Gasteiger partial charge in [-0.1, -0.05) is 30.3 Å². The lowest BCUT2D eigenvalue weighted by atomic mass is 9.96. The summed E-state index contributed by atoms with van der Waals surface area (Å²) in [4.78, 5) is 29.4. The number of hydrogen-bond acceptors (Lipinski definition) is 4. The van der Waals surface area contributed by atoms with Gasteiger partial charge in [-0.05, 0) is 68.1 Å². The van der Waals surface area contributed by atoms with Gasteiger partial charge in [0, 0.05) is 31.5 Å². The summed E-state index contributed by atoms with van der Waals surface area (Å²) in [6, 6.07) is 15.8. The third-order valence-corrected chi connectivity index (χ3v) is 6.11. The van der Waals surface area contributed by atoms with Crippen molar-refractivity contribution >= 4 is 23.2 Å². The number of hydrogen-bond donors (Lipinski definition) is 2. The monoisotopic (exact) mass is 406 g/mol. The zero-order valence-corrected chi connectivity index (χ0v) is 17.6. The summed E-state index contributed by atoms with van der Waals surface area (Å²) in [6.45, 7) is 3.56. The van der Waals surface area contributed by atoms with Gasteiger partial charge < -0.3 is 15.5 Å². The number of fused-ring (bicyclic) bond motifs is 1. The molecule has 1 saturated heterocycles. The molecule has 0 aliphatic carbocycles. The first kappa shape index (κ1) is 20.4. The van der Waals surface area contributed by atoms with Gasteiger partial charge in [-0.15, -0.1) is 0 Å². The summed E-state index contributed by atoms with van der Waals surface area (Å²) in [7, 11) is 2.14. The van der Waals surface area contributed by atoms with Gasteiger partial charge in [-0.3, -0.25) is 14.5 Å². The van der Waals surface area contributed by atoms with Crippen molar-refractivity contribution in [3.63, 3.8) is 0 Å². The predicted molar refractivity (Wildman–Crippen MR) is 120 cm³/mol. The maximum atomic E-state index is 12.4. The molecule has 2 heterocycles. The van der Waals surface area contributed by atoms with E-state index in [1.165, 1.54) is 29.7 Å². The van der Waals surface area contributed by atoms with Crippen molar-refractivity contribution in [2.75, 3.05) is 43.4 Å². The van der Waals surface area contributed by atoms with E-state index in [1.807, 2.05) is 18.2 Å². The molecule has 2 aliphatic heterocycles. The zero-order valence-electron chi connectivity index (χ0n) is 17.6. The molecule has 2 aromatic carbocycles. The second-order valence-corrected chi connectivity index (χ2v) is 8.20. The van der Waals surface area contributed by atoms with Gasteiger partial charge in [0.15, 0.2) is 0 Å². The Morgan fingerprint density at radius 2 is 1.73 bits per heavy atom. The van der Waals surface area contributed by atoms with Crippen LogP contribution in [0.4, 0.5) is 11.4 Å². The first-order valence-corrected chi connectivity index (χ1v) is 10.8. The number of anilines is 2. The van der Waals surface area contributed by atoms with Gasteiger partial charge in [-0.25, -0.2) is 0 Å². The Kier molecular flexibility index (Phi) is 6.33. The number of benzene rings is 2. The maximum absolute atomic E-state index is 12.4. The molecule has 1 fully saturated rings. The lowest BCUT2D eigenvalue weighted by molar-refractivity contribution is -0.136. The van der Waals surface area contributed by atoms with E-state index in [2.05, 4.69) is 45.7 Å². The third kappa shape index (κ3) is 4.65. The molecule has 0 unspecified atom stereocenters. The second-order valence-electron chi connectivity index (χ2n) is 8.20. The minimum Gasteiger partial charge on any atom is -0.374 e. The minimum absolute atomic E-state index is 0.0820. The van der Waals surface area contributed by atoms with Gasteiger partial charge in [0.1, 0.15) is 0 Å². The van der Waals surface area contributed by atoms with Crippen molar-refractivity contribution in [2.45, 2.75) is 31.7 Å². The van der Waals surface area contributed by atoms with Crippen molar-refractivity contribution in [3.8, 4) is 0 Å². The Morgan fingerprint density at radius 3 is 2.50 bits per heavy atom. The number of nitrogens with one attached hydrogen (secondary N) is 2. The summed E-state index contributed by atoms with van der Waals surface area (Å²) in [6.07, 6.45) is 4.60. The number of amides is 2. The molecule has 0 aromatic heterocycles. The van der Waals surface area contributed by atoms with E-state index < -0.39 is 11.8 Å². The minimum atomic E-state index is -0.631. The summed E-state index contributed by atoms with van der Waals surface area (Å²) in [5, 5.41) is 5.51. The normalized spacial score (nSPS) is 17.3. The first-order chi connectivity index (χ1) is 14.6. The molecule has 0 bridgehead atoms. The summed E-state index contributed by atoms with van der Waals surface area (Å²) in [5.41, 5.74) is 4.51. The summed E-state index contributed by atoms with van der Waals surface area (Å²) < 4.78 is 0. The van der Waals surface area contributed by atoms with E-state index in [1.54, 1.807) is 12.1 Å². The van der Waals surface area contributed by atoms with E-state index in [9.17, 15) is 9.59 Å². The smallest absolute Gasteiger partial charge is 0.313 e. The Morgan fingerprint density at radius 1 is 0.967 bits per heavy atom. The quantitative estimate of drug-likeness (QED) is 0.750. The number of carbonyl (C=O) groups excluding carboxylic acids is 2. The number of nitrogens with zero attached hydrogens (tertiary/aromatic N) is 2. The van der Waals surface area contributed by atoms with E-state index in [0.717, 1.165) is 32.5 Å². The van der Waals surface area contributed by atoms with E-state index in [0.29, 0.717) is 12.2 Å². The molecule has 0 radical (unpaired) electrons. The van der Waals surface area contributed by atoms with Crippen molar-refractivity contribution < 1.29 is 9.59 Å². The maximum Gasteiger partial charge on any atom is 0.313 e. The number of rotatable bonds is 5. The zero-order chi connectivity index (χ0) is 20.9. The fourth-order valence-electron chi connectivity index (χ4n) is 4.50. The number of para-hydroxylation sites is 1. The summed E-state index contributed by atoms with van der Waals surface area (Å²) in [5.74, 6) is -1.23. The molecule has 4 rings (SSSR count). The molecular weight excluding hydrogens is 376 g/mol. The predicted octanol–water partition coefficient (Wildman–Crippen LogP) is 2.96. The van der Waals surface area contributed by atoms with Gasteiger partial charge in [0.05, 0.1) is 6.04 Å². The highest BCUT2D eigenvalue weighted by atomic mass is 16.2. The molecule has 2 aromatic rings. The van der Waals surface area contributed by atoms with Gasteiger partial charge >= 0.3 is 11.8 Å². The van der Waals surface area contributed by atoms with E-state index >= 15 is 0 Å². The van der Waals surface area contributed by atoms with Crippen LogP contribution in [-0.4, -0.2) is 49.9 Å². The standard InChI is InChI=1S/C24H30N4O2/c1-27-13-7-8-18-16-19(11-12-21(18)27)22(28-14-5-6-15-28)17-25-23(29)24(30)26-20-9-3-2-4-10-20/h2-4,9-12,16,22H,5-8,13-15,17H2,1H3,(H,25,29)(H,26,30)/t22-/m1/s1. The largest absolute Gasteiger partial charge is 0.374 e. The number of likely N-dealkylation sites (tertiary alicyclic amines) is 1. The van der Waals surface area contributed by atoms with Crippen LogP contribution in [0.3, 0.4) is 0 Å². The van der Waals surface area contributed by atoms with E-state index in [4.69, 9.17) is 0 Å². The highest BCUT2D eigenvalue weighted by molar-refractivity contribution is 6.39. The van der Waals surface area contributed by atoms with Crippen LogP contribution >= 0.6 is 0 Å². The molecule has 0 spiro atoms. The summed E-state index contributed by atoms with van der Waals surface area (Å²) >= 11 is 0. The number of aryl methyl sites for hydroxylation is 1. The van der Waals surface area contributed by atoms with Crippen LogP contribution in [-0.2, 0) is 16.0 Å². The van der Waals surface area contributed by atoms with Crippen molar-refractivity contribution in [1.82, 2.24) is 10.2 Å². The van der Waals surface area contributed by atoms with Gasteiger partial charge in [-0.2, -0.15) is 0 Å². The Labute approximate surface area is 178 Å². The Balaban J connectivity index is 1.45. The van der Waals surface area contributed by atoms with Crippen LogP contribution in [0.15, 0.2) is 48.5 Å². The van der Waals surface area contributed by atoms with Crippen LogP contribution < -0.4 is 15.5 Å². The first-order valence-electron chi connectivity index (χ1n) is 10.8. The fraction of sp³-hybridized carbons (Fsp3) is 0.417. The van der Waals surface area contributed by atoms with Crippen molar-refractivity contribution in [2.24, 2.45) is 0 Å². The van der Waals surface area contributed by atoms with Crippen LogP contribution in [0, 0.1) is 0 Å². The van der Waals surface area contributed by atoms with Gasteiger partial charge in [0.2, 0.25) is 0 Å². The lowest BCUT2D eigenvalue weighted by Gasteiger charge is -2.31. The van der Waals surface area contributed by atoms with Crippen molar-refractivity contribution in [1.29, 1.82) is 0 Å². The van der Waals surface area contributed by atoms with Crippen molar-refractivity contribution in [3.05, 3.63) is 59.7 Å². The van der Waals surface area contributed by atoms with E-state index in [-0.39, 0.29) is 6.04 Å². The molecule has 1 atom stereocenters. The second kappa shape index (κ2) is 9.30. The lowest BCUT2D eigenvalue weighted by Crippen LogP contribution is -2.41. The molecule has 2 N–H and O–H groups in total.